The molecule has 0 unspecified atom stereocenters. The van der Waals surface area contributed by atoms with Crippen molar-refractivity contribution in [3.05, 3.63) is 95.8 Å². The molecule has 0 atom stereocenters. The average Bonchev–Trinajstić information content (AvgIpc) is 3.18. The molecule has 4 rings (SSSR count). The molecule has 140 valence electrons. The Morgan fingerprint density at radius 2 is 1.46 bits per heavy atom. The standard InChI is InChI=1S/C26H26N2/c1-18(2)22-14-9-15-23(24-19(3)10-8-11-20(24)4)25(22)28-17-16-27-26(28)21-12-6-5-7-13-21/h5-18H,1-4H3. The molecule has 0 aliphatic heterocycles. The maximum atomic E-state index is 4.71. The Labute approximate surface area is 167 Å². The van der Waals surface area contributed by atoms with E-state index in [-0.39, 0.29) is 0 Å². The number of hydrogen-bond donors (Lipinski definition) is 0. The van der Waals surface area contributed by atoms with Crippen LogP contribution in [0.4, 0.5) is 0 Å². The van der Waals surface area contributed by atoms with Crippen molar-refractivity contribution in [2.45, 2.75) is 33.6 Å². The SMILES string of the molecule is Cc1cccc(C)c1-c1cccc(C(C)C)c1-n1ccnc1-c1ccccc1. The molecule has 0 fully saturated rings. The normalized spacial score (nSPS) is 11.2. The van der Waals surface area contributed by atoms with E-state index in [0.29, 0.717) is 5.92 Å². The van der Waals surface area contributed by atoms with E-state index in [1.807, 2.05) is 12.3 Å². The quantitative estimate of drug-likeness (QED) is 0.382. The first kappa shape index (κ1) is 18.2. The Hall–Kier alpha value is -3.13. The summed E-state index contributed by atoms with van der Waals surface area (Å²) in [5, 5.41) is 0. The highest BCUT2D eigenvalue weighted by atomic mass is 15.1. The Balaban J connectivity index is 2.05. The number of aromatic nitrogens is 2. The molecule has 0 radical (unpaired) electrons. The zero-order valence-electron chi connectivity index (χ0n) is 17.0. The molecule has 2 nitrogen and oxygen atoms in total. The van der Waals surface area contributed by atoms with Crippen molar-refractivity contribution < 1.29 is 0 Å². The number of rotatable bonds is 4. The molecule has 0 aliphatic carbocycles. The van der Waals surface area contributed by atoms with Gasteiger partial charge in [0, 0.05) is 23.5 Å². The highest BCUT2D eigenvalue weighted by molar-refractivity contribution is 5.81. The second kappa shape index (κ2) is 7.47. The number of nitrogens with zero attached hydrogens (tertiary/aromatic N) is 2. The first-order chi connectivity index (χ1) is 13.6. The Kier molecular flexibility index (Phi) is 4.87. The van der Waals surface area contributed by atoms with Gasteiger partial charge in [-0.05, 0) is 42.0 Å². The molecule has 2 heteroatoms. The predicted octanol–water partition coefficient (Wildman–Crippen LogP) is 6.95. The van der Waals surface area contributed by atoms with E-state index in [1.54, 1.807) is 0 Å². The summed E-state index contributed by atoms with van der Waals surface area (Å²) in [6.07, 6.45) is 3.98. The lowest BCUT2D eigenvalue weighted by atomic mass is 9.90. The third kappa shape index (κ3) is 3.16. The fraction of sp³-hybridized carbons (Fsp3) is 0.192. The third-order valence-electron chi connectivity index (χ3n) is 5.35. The van der Waals surface area contributed by atoms with Crippen LogP contribution in [-0.4, -0.2) is 9.55 Å². The lowest BCUT2D eigenvalue weighted by molar-refractivity contribution is 0.848. The molecule has 1 heterocycles. The minimum atomic E-state index is 0.408. The summed E-state index contributed by atoms with van der Waals surface area (Å²) in [7, 11) is 0. The second-order valence-corrected chi connectivity index (χ2v) is 7.65. The lowest BCUT2D eigenvalue weighted by Crippen LogP contribution is -2.06. The summed E-state index contributed by atoms with van der Waals surface area (Å²) in [4.78, 5) is 4.71. The monoisotopic (exact) mass is 366 g/mol. The Morgan fingerprint density at radius 1 is 0.786 bits per heavy atom. The van der Waals surface area contributed by atoms with Crippen LogP contribution in [0.5, 0.6) is 0 Å². The van der Waals surface area contributed by atoms with Crippen LogP contribution in [0.15, 0.2) is 79.1 Å². The van der Waals surface area contributed by atoms with E-state index >= 15 is 0 Å². The molecular formula is C26H26N2. The van der Waals surface area contributed by atoms with Gasteiger partial charge < -0.3 is 0 Å². The van der Waals surface area contributed by atoms with E-state index < -0.39 is 0 Å². The molecule has 0 bridgehead atoms. The fourth-order valence-corrected chi connectivity index (χ4v) is 4.02. The molecule has 0 N–H and O–H groups in total. The van der Waals surface area contributed by atoms with Gasteiger partial charge in [0.2, 0.25) is 0 Å². The molecule has 4 aromatic rings. The summed E-state index contributed by atoms with van der Waals surface area (Å²) < 4.78 is 2.26. The van der Waals surface area contributed by atoms with Gasteiger partial charge in [-0.1, -0.05) is 80.6 Å². The van der Waals surface area contributed by atoms with E-state index in [0.717, 1.165) is 11.4 Å². The fourth-order valence-electron chi connectivity index (χ4n) is 4.02. The Morgan fingerprint density at radius 3 is 2.14 bits per heavy atom. The number of hydrogen-bond acceptors (Lipinski definition) is 1. The van der Waals surface area contributed by atoms with Crippen LogP contribution in [0.1, 0.15) is 36.5 Å². The average molecular weight is 367 g/mol. The molecule has 0 amide bonds. The van der Waals surface area contributed by atoms with Gasteiger partial charge in [-0.2, -0.15) is 0 Å². The smallest absolute Gasteiger partial charge is 0.144 e. The Bertz CT molecular complexity index is 1080. The van der Waals surface area contributed by atoms with Gasteiger partial charge in [0.25, 0.3) is 0 Å². The molecule has 0 aliphatic rings. The molecular weight excluding hydrogens is 340 g/mol. The molecule has 1 aromatic heterocycles. The van der Waals surface area contributed by atoms with Crippen LogP contribution in [0.25, 0.3) is 28.2 Å². The van der Waals surface area contributed by atoms with E-state index in [2.05, 4.69) is 99.1 Å². The summed E-state index contributed by atoms with van der Waals surface area (Å²) in [5.74, 6) is 1.38. The highest BCUT2D eigenvalue weighted by Gasteiger charge is 2.19. The van der Waals surface area contributed by atoms with Gasteiger partial charge in [-0.25, -0.2) is 4.98 Å². The van der Waals surface area contributed by atoms with E-state index in [1.165, 1.54) is 33.5 Å². The van der Waals surface area contributed by atoms with Crippen molar-refractivity contribution in [3.8, 4) is 28.2 Å². The summed E-state index contributed by atoms with van der Waals surface area (Å²) >= 11 is 0. The van der Waals surface area contributed by atoms with Gasteiger partial charge in [-0.15, -0.1) is 0 Å². The van der Waals surface area contributed by atoms with Crippen LogP contribution in [0.3, 0.4) is 0 Å². The van der Waals surface area contributed by atoms with E-state index in [9.17, 15) is 0 Å². The zero-order valence-corrected chi connectivity index (χ0v) is 17.0. The maximum absolute atomic E-state index is 4.71. The molecule has 0 saturated carbocycles. The molecule has 28 heavy (non-hydrogen) atoms. The predicted molar refractivity (Wildman–Crippen MR) is 118 cm³/mol. The molecule has 0 spiro atoms. The molecule has 0 saturated heterocycles. The highest BCUT2D eigenvalue weighted by Crippen LogP contribution is 2.38. The first-order valence-electron chi connectivity index (χ1n) is 9.86. The van der Waals surface area contributed by atoms with Gasteiger partial charge in [-0.3, -0.25) is 4.57 Å². The number of benzene rings is 3. The van der Waals surface area contributed by atoms with Gasteiger partial charge in [0.05, 0.1) is 5.69 Å². The summed E-state index contributed by atoms with van der Waals surface area (Å²) in [6.45, 7) is 8.90. The van der Waals surface area contributed by atoms with Crippen LogP contribution in [-0.2, 0) is 0 Å². The third-order valence-corrected chi connectivity index (χ3v) is 5.35. The van der Waals surface area contributed by atoms with Crippen LogP contribution >= 0.6 is 0 Å². The maximum Gasteiger partial charge on any atom is 0.144 e. The van der Waals surface area contributed by atoms with Gasteiger partial charge in [0.15, 0.2) is 0 Å². The first-order valence-corrected chi connectivity index (χ1v) is 9.86. The largest absolute Gasteiger partial charge is 0.299 e. The number of aryl methyl sites for hydroxylation is 2. The minimum Gasteiger partial charge on any atom is -0.299 e. The van der Waals surface area contributed by atoms with Crippen LogP contribution in [0.2, 0.25) is 0 Å². The summed E-state index contributed by atoms with van der Waals surface area (Å²) in [5.41, 5.74) is 8.84. The number of imidazole rings is 1. The van der Waals surface area contributed by atoms with Crippen molar-refractivity contribution in [3.63, 3.8) is 0 Å². The van der Waals surface area contributed by atoms with E-state index in [4.69, 9.17) is 4.98 Å². The van der Waals surface area contributed by atoms with Crippen molar-refractivity contribution in [2.24, 2.45) is 0 Å². The number of para-hydroxylation sites is 1. The topological polar surface area (TPSA) is 17.8 Å². The van der Waals surface area contributed by atoms with Crippen LogP contribution < -0.4 is 0 Å². The lowest BCUT2D eigenvalue weighted by Gasteiger charge is -2.22. The van der Waals surface area contributed by atoms with Crippen LogP contribution in [0, 0.1) is 13.8 Å². The van der Waals surface area contributed by atoms with Crippen molar-refractivity contribution in [1.29, 1.82) is 0 Å². The molecule has 3 aromatic carbocycles. The second-order valence-electron chi connectivity index (χ2n) is 7.65. The van der Waals surface area contributed by atoms with Gasteiger partial charge >= 0.3 is 0 Å². The van der Waals surface area contributed by atoms with Gasteiger partial charge in [0.1, 0.15) is 5.82 Å². The minimum absolute atomic E-state index is 0.408. The summed E-state index contributed by atoms with van der Waals surface area (Å²) in [6, 6.07) is 23.6. The van der Waals surface area contributed by atoms with Crippen molar-refractivity contribution in [2.75, 3.05) is 0 Å². The van der Waals surface area contributed by atoms with Crippen molar-refractivity contribution in [1.82, 2.24) is 9.55 Å². The zero-order chi connectivity index (χ0) is 19.7. The van der Waals surface area contributed by atoms with Crippen molar-refractivity contribution >= 4 is 0 Å².